The molecule has 0 aromatic carbocycles. The van der Waals surface area contributed by atoms with Crippen LogP contribution in [0.4, 0.5) is 5.82 Å². The van der Waals surface area contributed by atoms with Crippen LogP contribution >= 0.6 is 0 Å². The van der Waals surface area contributed by atoms with Gasteiger partial charge in [-0.3, -0.25) is 9.54 Å². The minimum Gasteiger partial charge on any atom is -0.384 e. The van der Waals surface area contributed by atoms with E-state index in [1.807, 2.05) is 30.3 Å². The fourth-order valence-electron chi connectivity index (χ4n) is 1.11. The van der Waals surface area contributed by atoms with Gasteiger partial charge in [-0.25, -0.2) is 4.98 Å². The van der Waals surface area contributed by atoms with E-state index in [4.69, 9.17) is 10.3 Å². The summed E-state index contributed by atoms with van der Waals surface area (Å²) in [5.74, 6) is 0.517. The summed E-state index contributed by atoms with van der Waals surface area (Å²) >= 11 is 0. The molecular formula is C11H13N3O3S. The maximum absolute atomic E-state index is 9.19. The smallest absolute Gasteiger partial charge is 0.261 e. The van der Waals surface area contributed by atoms with Crippen LogP contribution in [-0.4, -0.2) is 29.2 Å². The van der Waals surface area contributed by atoms with Gasteiger partial charge in [0, 0.05) is 6.20 Å². The van der Waals surface area contributed by atoms with Crippen LogP contribution in [0.5, 0.6) is 0 Å². The van der Waals surface area contributed by atoms with E-state index in [0.29, 0.717) is 12.1 Å². The molecule has 2 rings (SSSR count). The van der Waals surface area contributed by atoms with Crippen molar-refractivity contribution in [2.45, 2.75) is 0 Å². The van der Waals surface area contributed by atoms with Gasteiger partial charge in [-0.05, 0) is 24.3 Å². The molecule has 6 nitrogen and oxygen atoms in total. The number of rotatable bonds is 1. The molecule has 2 aromatic heterocycles. The molecule has 2 heterocycles. The Kier molecular flexibility index (Phi) is 4.75. The van der Waals surface area contributed by atoms with E-state index in [1.165, 1.54) is 0 Å². The van der Waals surface area contributed by atoms with Crippen LogP contribution in [0.15, 0.2) is 42.6 Å². The number of aromatic nitrogens is 2. The summed E-state index contributed by atoms with van der Waals surface area (Å²) in [5.41, 5.74) is 7.21. The molecule has 0 aliphatic heterocycles. The summed E-state index contributed by atoms with van der Waals surface area (Å²) in [4.78, 5) is 8.33. The molecule has 0 saturated carbocycles. The Morgan fingerprint density at radius 2 is 1.72 bits per heavy atom. The summed E-state index contributed by atoms with van der Waals surface area (Å²) < 4.78 is 25.9. The summed E-state index contributed by atoms with van der Waals surface area (Å²) in [5, 5.41) is 0. The number of pyridine rings is 2. The summed E-state index contributed by atoms with van der Waals surface area (Å²) in [6, 6.07) is 11.2. The zero-order chi connectivity index (χ0) is 13.6. The van der Waals surface area contributed by atoms with E-state index in [-0.39, 0.29) is 0 Å². The second kappa shape index (κ2) is 6.08. The van der Waals surface area contributed by atoms with Crippen molar-refractivity contribution in [3.8, 4) is 11.4 Å². The van der Waals surface area contributed by atoms with Crippen LogP contribution in [0, 0.1) is 0 Å². The molecule has 0 aliphatic carbocycles. The van der Waals surface area contributed by atoms with Crippen molar-refractivity contribution in [3.63, 3.8) is 0 Å². The molecular weight excluding hydrogens is 254 g/mol. The highest BCUT2D eigenvalue weighted by molar-refractivity contribution is 7.85. The lowest BCUT2D eigenvalue weighted by molar-refractivity contribution is 0.490. The molecule has 0 fully saturated rings. The predicted octanol–water partition coefficient (Wildman–Crippen LogP) is 1.23. The minimum absolute atomic E-state index is 0.517. The van der Waals surface area contributed by atoms with Gasteiger partial charge in [0.1, 0.15) is 5.82 Å². The highest BCUT2D eigenvalue weighted by Crippen LogP contribution is 2.13. The number of anilines is 1. The third-order valence-electron chi connectivity index (χ3n) is 1.70. The zero-order valence-electron chi connectivity index (χ0n) is 9.69. The lowest BCUT2D eigenvalue weighted by Crippen LogP contribution is -1.92. The summed E-state index contributed by atoms with van der Waals surface area (Å²) in [6.45, 7) is 0. The van der Waals surface area contributed by atoms with Crippen molar-refractivity contribution in [2.75, 3.05) is 12.0 Å². The quantitative estimate of drug-likeness (QED) is 0.753. The first kappa shape index (κ1) is 14.1. The van der Waals surface area contributed by atoms with Gasteiger partial charge in [0.2, 0.25) is 0 Å². The monoisotopic (exact) mass is 267 g/mol. The predicted molar refractivity (Wildman–Crippen MR) is 69.4 cm³/mol. The van der Waals surface area contributed by atoms with Gasteiger partial charge < -0.3 is 5.73 Å². The van der Waals surface area contributed by atoms with Crippen molar-refractivity contribution in [1.82, 2.24) is 9.97 Å². The summed E-state index contributed by atoms with van der Waals surface area (Å²) in [7, 11) is -3.67. The first-order valence-corrected chi connectivity index (χ1v) is 6.77. The highest BCUT2D eigenvalue weighted by Gasteiger charge is 1.98. The molecule has 0 bridgehead atoms. The van der Waals surface area contributed by atoms with E-state index in [2.05, 4.69) is 9.97 Å². The molecule has 0 spiro atoms. The second-order valence-electron chi connectivity index (χ2n) is 3.40. The van der Waals surface area contributed by atoms with Gasteiger partial charge in [-0.15, -0.1) is 0 Å². The van der Waals surface area contributed by atoms with E-state index in [9.17, 15) is 8.42 Å². The van der Waals surface area contributed by atoms with Crippen LogP contribution in [0.2, 0.25) is 0 Å². The largest absolute Gasteiger partial charge is 0.384 e. The normalized spacial score (nSPS) is 10.3. The first-order valence-electron chi connectivity index (χ1n) is 4.92. The Morgan fingerprint density at radius 1 is 1.11 bits per heavy atom. The summed E-state index contributed by atoms with van der Waals surface area (Å²) in [6.07, 6.45) is 2.45. The Bertz CT molecular complexity index is 592. The van der Waals surface area contributed by atoms with E-state index < -0.39 is 10.1 Å². The SMILES string of the molecule is CS(=O)(=O)O.Nc1cccc(-c2ccccn2)n1. The van der Waals surface area contributed by atoms with Crippen molar-refractivity contribution in [1.29, 1.82) is 0 Å². The van der Waals surface area contributed by atoms with Crippen molar-refractivity contribution < 1.29 is 13.0 Å². The standard InChI is InChI=1S/C10H9N3.CH4O3S/c11-10-6-3-5-9(13-10)8-4-1-2-7-12-8;1-5(2,3)4/h1-7H,(H2,11,13);1H3,(H,2,3,4). The van der Waals surface area contributed by atoms with Crippen LogP contribution in [-0.2, 0) is 10.1 Å². The van der Waals surface area contributed by atoms with Crippen LogP contribution < -0.4 is 5.73 Å². The maximum Gasteiger partial charge on any atom is 0.261 e. The second-order valence-corrected chi connectivity index (χ2v) is 4.86. The van der Waals surface area contributed by atoms with Crippen molar-refractivity contribution >= 4 is 15.9 Å². The molecule has 3 N–H and O–H groups in total. The maximum atomic E-state index is 9.19. The third-order valence-corrected chi connectivity index (χ3v) is 1.70. The fourth-order valence-corrected chi connectivity index (χ4v) is 1.11. The Hall–Kier alpha value is -1.99. The van der Waals surface area contributed by atoms with Gasteiger partial charge in [-0.1, -0.05) is 12.1 Å². The molecule has 0 amide bonds. The van der Waals surface area contributed by atoms with E-state index in [0.717, 1.165) is 11.4 Å². The number of nitrogens with zero attached hydrogens (tertiary/aromatic N) is 2. The zero-order valence-corrected chi connectivity index (χ0v) is 10.5. The van der Waals surface area contributed by atoms with E-state index in [1.54, 1.807) is 12.3 Å². The molecule has 0 aliphatic rings. The Morgan fingerprint density at radius 3 is 2.22 bits per heavy atom. The van der Waals surface area contributed by atoms with Gasteiger partial charge in [0.25, 0.3) is 10.1 Å². The van der Waals surface area contributed by atoms with Crippen LogP contribution in [0.1, 0.15) is 0 Å². The molecule has 0 radical (unpaired) electrons. The van der Waals surface area contributed by atoms with Crippen LogP contribution in [0.25, 0.3) is 11.4 Å². The first-order chi connectivity index (χ1) is 8.36. The molecule has 2 aromatic rings. The molecule has 7 heteroatoms. The highest BCUT2D eigenvalue weighted by atomic mass is 32.2. The molecule has 0 unspecified atom stereocenters. The van der Waals surface area contributed by atoms with Crippen LogP contribution in [0.3, 0.4) is 0 Å². The Labute approximate surface area is 105 Å². The number of nitrogen functional groups attached to an aromatic ring is 1. The average Bonchev–Trinajstić information content (AvgIpc) is 2.28. The van der Waals surface area contributed by atoms with Gasteiger partial charge in [0.05, 0.1) is 17.6 Å². The van der Waals surface area contributed by atoms with Gasteiger partial charge in [0.15, 0.2) is 0 Å². The number of hydrogen-bond donors (Lipinski definition) is 2. The van der Waals surface area contributed by atoms with Crippen molar-refractivity contribution in [2.24, 2.45) is 0 Å². The lowest BCUT2D eigenvalue weighted by Gasteiger charge is -1.99. The van der Waals surface area contributed by atoms with Gasteiger partial charge in [-0.2, -0.15) is 8.42 Å². The third kappa shape index (κ3) is 5.92. The number of nitrogens with two attached hydrogens (primary N) is 1. The Balaban J connectivity index is 0.000000280. The average molecular weight is 267 g/mol. The molecule has 0 saturated heterocycles. The fraction of sp³-hybridized carbons (Fsp3) is 0.0909. The van der Waals surface area contributed by atoms with E-state index >= 15 is 0 Å². The minimum atomic E-state index is -3.67. The molecule has 0 atom stereocenters. The lowest BCUT2D eigenvalue weighted by atomic mass is 10.2. The van der Waals surface area contributed by atoms with Crippen molar-refractivity contribution in [3.05, 3.63) is 42.6 Å². The molecule has 18 heavy (non-hydrogen) atoms. The molecule has 96 valence electrons. The number of hydrogen-bond acceptors (Lipinski definition) is 5. The topological polar surface area (TPSA) is 106 Å². The van der Waals surface area contributed by atoms with Gasteiger partial charge >= 0.3 is 0 Å².